The van der Waals surface area contributed by atoms with Gasteiger partial charge in [-0.1, -0.05) is 36.5 Å². The van der Waals surface area contributed by atoms with Crippen molar-refractivity contribution in [2.24, 2.45) is 5.92 Å². The lowest BCUT2D eigenvalue weighted by atomic mass is 10.0. The molecule has 0 spiro atoms. The number of carbonyl (C=O) groups is 3. The van der Waals surface area contributed by atoms with E-state index in [1.807, 2.05) is 0 Å². The average molecular weight is 466 g/mol. The maximum Gasteiger partial charge on any atom is 0.289 e. The van der Waals surface area contributed by atoms with Crippen molar-refractivity contribution in [1.29, 1.82) is 0 Å². The van der Waals surface area contributed by atoms with Crippen LogP contribution in [-0.2, 0) is 37.4 Å². The van der Waals surface area contributed by atoms with Crippen molar-refractivity contribution in [3.8, 4) is 0 Å². The Morgan fingerprint density at radius 1 is 1.23 bits per heavy atom. The zero-order valence-electron chi connectivity index (χ0n) is 17.0. The predicted molar refractivity (Wildman–Crippen MR) is 112 cm³/mol. The van der Waals surface area contributed by atoms with Gasteiger partial charge >= 0.3 is 0 Å². The lowest BCUT2D eigenvalue weighted by Gasteiger charge is -2.24. The van der Waals surface area contributed by atoms with Crippen LogP contribution in [0, 0.1) is 5.92 Å². The fourth-order valence-electron chi connectivity index (χ4n) is 3.10. The first-order valence-corrected chi connectivity index (χ1v) is 11.9. The highest BCUT2D eigenvalue weighted by atomic mass is 32.2. The van der Waals surface area contributed by atoms with E-state index in [4.69, 9.17) is 0 Å². The molecule has 2 atom stereocenters. The molecule has 2 amide bonds. The van der Waals surface area contributed by atoms with Crippen LogP contribution >= 0.6 is 11.5 Å². The number of hydrogen-bond donors (Lipinski definition) is 3. The minimum absolute atomic E-state index is 0.0231. The van der Waals surface area contributed by atoms with E-state index in [1.165, 1.54) is 12.1 Å². The van der Waals surface area contributed by atoms with Gasteiger partial charge < -0.3 is 10.6 Å². The molecule has 0 aliphatic carbocycles. The van der Waals surface area contributed by atoms with Gasteiger partial charge in [-0.05, 0) is 42.4 Å². The van der Waals surface area contributed by atoms with Gasteiger partial charge in [-0.3, -0.25) is 14.4 Å². The molecule has 0 saturated heterocycles. The molecule has 0 radical (unpaired) electrons. The Hall–Kier alpha value is -2.70. The monoisotopic (exact) mass is 465 g/mol. The number of aromatic nitrogens is 2. The van der Waals surface area contributed by atoms with Crippen LogP contribution in [0.15, 0.2) is 35.2 Å². The first-order chi connectivity index (χ1) is 14.7. The van der Waals surface area contributed by atoms with Crippen molar-refractivity contribution in [3.63, 3.8) is 0 Å². The molecule has 3 N–H and O–H groups in total. The molecule has 12 heteroatoms. The molecule has 31 heavy (non-hydrogen) atoms. The summed E-state index contributed by atoms with van der Waals surface area (Å²) in [5, 5.41) is 9.07. The van der Waals surface area contributed by atoms with Crippen LogP contribution in [0.3, 0.4) is 0 Å². The fraction of sp³-hybridized carbons (Fsp3) is 0.421. The highest BCUT2D eigenvalue weighted by molar-refractivity contribution is 7.89. The van der Waals surface area contributed by atoms with Gasteiger partial charge in [-0.25, -0.2) is 8.42 Å². The van der Waals surface area contributed by atoms with E-state index in [0.717, 1.165) is 16.4 Å². The van der Waals surface area contributed by atoms with E-state index in [-0.39, 0.29) is 17.9 Å². The zero-order valence-corrected chi connectivity index (χ0v) is 18.6. The quantitative estimate of drug-likeness (QED) is 0.515. The Morgan fingerprint density at radius 3 is 2.61 bits per heavy atom. The molecular weight excluding hydrogens is 442 g/mol. The Labute approximate surface area is 184 Å². The lowest BCUT2D eigenvalue weighted by molar-refractivity contribution is -0.140. The Morgan fingerprint density at radius 2 is 1.94 bits per heavy atom. The summed E-state index contributed by atoms with van der Waals surface area (Å²) in [7, 11) is -3.96. The molecule has 0 saturated carbocycles. The molecule has 1 aromatic carbocycles. The molecule has 3 rings (SSSR count). The van der Waals surface area contributed by atoms with E-state index in [2.05, 4.69) is 24.9 Å². The molecular formula is C19H23N5O5S2. The summed E-state index contributed by atoms with van der Waals surface area (Å²) in [6.07, 6.45) is 0.492. The maximum absolute atomic E-state index is 12.9. The van der Waals surface area contributed by atoms with Gasteiger partial charge in [0.1, 0.15) is 6.04 Å². The minimum atomic E-state index is -3.96. The summed E-state index contributed by atoms with van der Waals surface area (Å²) in [5.41, 5.74) is 0.657. The molecule has 2 unspecified atom stereocenters. The number of amides is 2. The summed E-state index contributed by atoms with van der Waals surface area (Å²) in [5.74, 6) is -2.70. The summed E-state index contributed by atoms with van der Waals surface area (Å²) >= 11 is 1.14. The zero-order chi connectivity index (χ0) is 22.6. The minimum Gasteiger partial charge on any atom is -0.344 e. The molecule has 0 bridgehead atoms. The summed E-state index contributed by atoms with van der Waals surface area (Å²) in [6, 6.07) is 5.44. The van der Waals surface area contributed by atoms with Crippen LogP contribution in [-0.4, -0.2) is 47.7 Å². The highest BCUT2D eigenvalue weighted by Gasteiger charge is 2.34. The van der Waals surface area contributed by atoms with Gasteiger partial charge in [0.2, 0.25) is 21.7 Å². The molecule has 2 heterocycles. The van der Waals surface area contributed by atoms with Crippen molar-refractivity contribution in [1.82, 2.24) is 24.9 Å². The second-order valence-electron chi connectivity index (χ2n) is 7.45. The van der Waals surface area contributed by atoms with E-state index >= 15 is 0 Å². The highest BCUT2D eigenvalue weighted by Crippen LogP contribution is 2.16. The number of Topliss-reactive ketones (excluding diaryl/α,β-unsaturated/α-hetero) is 1. The van der Waals surface area contributed by atoms with Crippen molar-refractivity contribution >= 4 is 39.2 Å². The second kappa shape index (κ2) is 9.62. The topological polar surface area (TPSA) is 147 Å². The number of nitrogens with zero attached hydrogens (tertiary/aromatic N) is 2. The van der Waals surface area contributed by atoms with E-state index in [1.54, 1.807) is 32.0 Å². The van der Waals surface area contributed by atoms with Gasteiger partial charge in [-0.15, -0.1) is 5.10 Å². The lowest BCUT2D eigenvalue weighted by Crippen LogP contribution is -2.55. The van der Waals surface area contributed by atoms with Gasteiger partial charge in [0.15, 0.2) is 0 Å². The van der Waals surface area contributed by atoms with E-state index in [9.17, 15) is 22.8 Å². The van der Waals surface area contributed by atoms with Crippen LogP contribution in [0.25, 0.3) is 0 Å². The Balaban J connectivity index is 1.77. The first kappa shape index (κ1) is 23.0. The normalized spacial score (nSPS) is 18.4. The second-order valence-corrected chi connectivity index (χ2v) is 10.00. The van der Waals surface area contributed by atoms with E-state index < -0.39 is 45.6 Å². The maximum atomic E-state index is 12.9. The van der Waals surface area contributed by atoms with Crippen molar-refractivity contribution in [2.75, 3.05) is 0 Å². The number of hydrogen-bond acceptors (Lipinski definition) is 8. The molecule has 2 aromatic rings. The molecule has 0 fully saturated rings. The van der Waals surface area contributed by atoms with Gasteiger partial charge in [0, 0.05) is 0 Å². The summed E-state index contributed by atoms with van der Waals surface area (Å²) < 4.78 is 31.6. The number of sulfonamides is 1. The SMILES string of the molecule is CC(C)C(NS(=O)(=O)c1ccccc1)C(=O)NC1CCc2nnsc2CNC(=O)C1=O. The first-order valence-electron chi connectivity index (χ1n) is 9.69. The Kier molecular flexibility index (Phi) is 7.13. The van der Waals surface area contributed by atoms with Gasteiger partial charge in [0.25, 0.3) is 5.91 Å². The number of benzene rings is 1. The predicted octanol–water partition coefficient (Wildman–Crippen LogP) is 0.158. The van der Waals surface area contributed by atoms with Crippen LogP contribution in [0.5, 0.6) is 0 Å². The number of ketones is 1. The van der Waals surface area contributed by atoms with Crippen molar-refractivity contribution < 1.29 is 22.8 Å². The van der Waals surface area contributed by atoms with Crippen LogP contribution in [0.2, 0.25) is 0 Å². The number of aryl methyl sites for hydroxylation is 1. The molecule has 1 aliphatic heterocycles. The number of carbonyl (C=O) groups excluding carboxylic acids is 3. The molecule has 1 aliphatic rings. The Bertz CT molecular complexity index is 1070. The standard InChI is InChI=1S/C19H23N5O5S2/c1-11(2)16(23-31(28,29)12-6-4-3-5-7-12)18(26)21-14-9-8-13-15(30-24-22-13)10-20-19(27)17(14)25/h3-7,11,14,16,23H,8-10H2,1-2H3,(H,20,27)(H,21,26). The molecule has 10 nitrogen and oxygen atoms in total. The summed E-state index contributed by atoms with van der Waals surface area (Å²) in [6.45, 7) is 3.51. The number of rotatable bonds is 6. The third-order valence-electron chi connectivity index (χ3n) is 4.86. The molecule has 1 aromatic heterocycles. The average Bonchev–Trinajstić information content (AvgIpc) is 3.20. The largest absolute Gasteiger partial charge is 0.344 e. The van der Waals surface area contributed by atoms with Crippen molar-refractivity contribution in [2.45, 2.75) is 50.2 Å². The number of nitrogens with one attached hydrogen (secondary N) is 3. The van der Waals surface area contributed by atoms with E-state index in [0.29, 0.717) is 12.1 Å². The molecule has 166 valence electrons. The van der Waals surface area contributed by atoms with Gasteiger partial charge in [-0.2, -0.15) is 4.72 Å². The van der Waals surface area contributed by atoms with Crippen molar-refractivity contribution in [3.05, 3.63) is 40.9 Å². The third kappa shape index (κ3) is 5.51. The van der Waals surface area contributed by atoms with Crippen LogP contribution < -0.4 is 15.4 Å². The fourth-order valence-corrected chi connectivity index (χ4v) is 5.08. The van der Waals surface area contributed by atoms with Gasteiger partial charge in [0.05, 0.1) is 28.1 Å². The summed E-state index contributed by atoms with van der Waals surface area (Å²) in [4.78, 5) is 38.5. The number of fused-ring (bicyclic) bond motifs is 1. The third-order valence-corrected chi connectivity index (χ3v) is 7.08. The smallest absolute Gasteiger partial charge is 0.289 e. The van der Waals surface area contributed by atoms with Crippen LogP contribution in [0.4, 0.5) is 0 Å². The van der Waals surface area contributed by atoms with Crippen LogP contribution in [0.1, 0.15) is 30.8 Å².